The normalized spacial score (nSPS) is 18.7. The Labute approximate surface area is 183 Å². The second-order valence-corrected chi connectivity index (χ2v) is 11.8. The fraction of sp³-hybridized carbons (Fsp3) is 0.667. The maximum Gasteiger partial charge on any atom is 0.255 e. The molecule has 0 radical (unpaired) electrons. The molecule has 1 saturated heterocycles. The van der Waals surface area contributed by atoms with Crippen LogP contribution in [0.3, 0.4) is 0 Å². The average molecular weight is 457 g/mol. The van der Waals surface area contributed by atoms with Crippen molar-refractivity contribution in [3.63, 3.8) is 0 Å². The van der Waals surface area contributed by atoms with Gasteiger partial charge in [-0.3, -0.25) is 4.79 Å². The van der Waals surface area contributed by atoms with Gasteiger partial charge in [0.25, 0.3) is 5.91 Å². The molecule has 1 N–H and O–H groups in total. The third-order valence-corrected chi connectivity index (χ3v) is 9.29. The zero-order valence-electron chi connectivity index (χ0n) is 17.2. The molecule has 1 heterocycles. The van der Waals surface area contributed by atoms with Gasteiger partial charge in [-0.1, -0.05) is 19.3 Å². The number of likely N-dealkylation sites (tertiary alicyclic amines) is 1. The van der Waals surface area contributed by atoms with Crippen LogP contribution in [-0.2, 0) is 10.0 Å². The number of amides is 1. The van der Waals surface area contributed by atoms with Crippen molar-refractivity contribution >= 4 is 39.5 Å². The molecule has 0 bridgehead atoms. The van der Waals surface area contributed by atoms with Crippen molar-refractivity contribution in [2.45, 2.75) is 66.4 Å². The molecule has 0 atom stereocenters. The zero-order valence-corrected chi connectivity index (χ0v) is 19.6. The highest BCUT2D eigenvalue weighted by Gasteiger charge is 2.24. The number of carbonyl (C=O) groups is 1. The molecule has 0 aromatic heterocycles. The van der Waals surface area contributed by atoms with E-state index in [0.29, 0.717) is 17.4 Å². The van der Waals surface area contributed by atoms with E-state index in [9.17, 15) is 13.2 Å². The lowest BCUT2D eigenvalue weighted by molar-refractivity contribution is 0.0720. The van der Waals surface area contributed by atoms with E-state index < -0.39 is 10.0 Å². The van der Waals surface area contributed by atoms with E-state index >= 15 is 0 Å². The van der Waals surface area contributed by atoms with Crippen molar-refractivity contribution in [3.8, 4) is 0 Å². The van der Waals surface area contributed by atoms with Crippen LogP contribution < -0.4 is 4.72 Å². The Morgan fingerprint density at radius 1 is 1.10 bits per heavy atom. The Morgan fingerprint density at radius 3 is 2.48 bits per heavy atom. The molecule has 1 amide bonds. The minimum Gasteiger partial charge on any atom is -0.339 e. The van der Waals surface area contributed by atoms with Gasteiger partial charge in [0, 0.05) is 35.5 Å². The highest BCUT2D eigenvalue weighted by atomic mass is 32.2. The number of thioether (sulfide) groups is 2. The Morgan fingerprint density at radius 2 is 1.79 bits per heavy atom. The predicted octanol–water partition coefficient (Wildman–Crippen LogP) is 4.38. The highest BCUT2D eigenvalue weighted by molar-refractivity contribution is 8.00. The second-order valence-electron chi connectivity index (χ2n) is 7.74. The van der Waals surface area contributed by atoms with E-state index in [-0.39, 0.29) is 10.8 Å². The molecule has 162 valence electrons. The maximum absolute atomic E-state index is 13.0. The number of sulfonamides is 1. The monoisotopic (exact) mass is 456 g/mol. The van der Waals surface area contributed by atoms with Gasteiger partial charge in [-0.2, -0.15) is 11.8 Å². The van der Waals surface area contributed by atoms with E-state index in [1.807, 2.05) is 22.9 Å². The van der Waals surface area contributed by atoms with Crippen molar-refractivity contribution in [3.05, 3.63) is 23.8 Å². The summed E-state index contributed by atoms with van der Waals surface area (Å²) in [5.74, 6) is 0.728. The molecule has 8 heteroatoms. The summed E-state index contributed by atoms with van der Waals surface area (Å²) in [6.07, 6.45) is 11.5. The van der Waals surface area contributed by atoms with Crippen LogP contribution in [0.25, 0.3) is 0 Å². The van der Waals surface area contributed by atoms with E-state index in [1.165, 1.54) is 43.9 Å². The number of hydrogen-bond acceptors (Lipinski definition) is 5. The molecule has 3 rings (SSSR count). The maximum atomic E-state index is 13.0. The van der Waals surface area contributed by atoms with E-state index in [0.717, 1.165) is 43.0 Å². The van der Waals surface area contributed by atoms with Crippen molar-refractivity contribution < 1.29 is 13.2 Å². The summed E-state index contributed by atoms with van der Waals surface area (Å²) in [4.78, 5) is 15.8. The second kappa shape index (κ2) is 11.1. The zero-order chi connectivity index (χ0) is 20.7. The fourth-order valence-corrected chi connectivity index (χ4v) is 6.98. The quantitative estimate of drug-likeness (QED) is 0.464. The van der Waals surface area contributed by atoms with Crippen LogP contribution in [0.2, 0.25) is 0 Å². The van der Waals surface area contributed by atoms with Crippen LogP contribution in [-0.4, -0.2) is 56.1 Å². The van der Waals surface area contributed by atoms with Gasteiger partial charge in [-0.25, -0.2) is 13.1 Å². The summed E-state index contributed by atoms with van der Waals surface area (Å²) in [7, 11) is -3.62. The molecule has 2 fully saturated rings. The Kier molecular flexibility index (Phi) is 8.77. The molecule has 2 aliphatic rings. The lowest BCUT2D eigenvalue weighted by Crippen LogP contribution is -2.36. The molecule has 1 saturated carbocycles. The Hall–Kier alpha value is -0.700. The number of nitrogens with zero attached hydrogens (tertiary/aromatic N) is 1. The molecular weight excluding hydrogens is 424 g/mol. The molecule has 1 aromatic carbocycles. The minimum atomic E-state index is -3.62. The van der Waals surface area contributed by atoms with Gasteiger partial charge >= 0.3 is 0 Å². The van der Waals surface area contributed by atoms with Gasteiger partial charge in [0.1, 0.15) is 0 Å². The first kappa shape index (κ1) is 23.0. The molecular formula is C21H32N2O3S3. The predicted molar refractivity (Wildman–Crippen MR) is 122 cm³/mol. The van der Waals surface area contributed by atoms with Crippen molar-refractivity contribution in [1.29, 1.82) is 0 Å². The van der Waals surface area contributed by atoms with E-state index in [2.05, 4.69) is 4.72 Å². The number of carbonyl (C=O) groups excluding carboxylic acids is 1. The van der Waals surface area contributed by atoms with Crippen molar-refractivity contribution in [1.82, 2.24) is 9.62 Å². The lowest BCUT2D eigenvalue weighted by atomic mass is 10.0. The number of rotatable bonds is 8. The standard InChI is InChI=1S/C21H32N2O3S3/c1-27-20-11-10-18(16-19(20)21(24)23-13-6-3-7-14-23)29(25,26)22-12-15-28-17-8-4-2-5-9-17/h10-11,16-17,22H,2-9,12-15H2,1H3. The highest BCUT2D eigenvalue weighted by Crippen LogP contribution is 2.28. The number of hydrogen-bond donors (Lipinski definition) is 1. The number of benzene rings is 1. The van der Waals surface area contributed by atoms with Gasteiger partial charge in [-0.15, -0.1) is 11.8 Å². The Balaban J connectivity index is 1.64. The molecule has 0 spiro atoms. The largest absolute Gasteiger partial charge is 0.339 e. The fourth-order valence-electron chi connectivity index (χ4n) is 4.01. The summed E-state index contributed by atoms with van der Waals surface area (Å²) in [5, 5.41) is 0.669. The smallest absolute Gasteiger partial charge is 0.255 e. The first-order chi connectivity index (χ1) is 14.0. The summed E-state index contributed by atoms with van der Waals surface area (Å²) < 4.78 is 28.3. The molecule has 5 nitrogen and oxygen atoms in total. The SMILES string of the molecule is CSc1ccc(S(=O)(=O)NCCSC2CCCCC2)cc1C(=O)N1CCCCC1. The van der Waals surface area contributed by atoms with Gasteiger partial charge < -0.3 is 4.90 Å². The average Bonchev–Trinajstić information content (AvgIpc) is 2.77. The van der Waals surface area contributed by atoms with Crippen molar-refractivity contribution in [2.75, 3.05) is 31.6 Å². The van der Waals surface area contributed by atoms with Crippen LogP contribution in [0.1, 0.15) is 61.7 Å². The van der Waals surface area contributed by atoms with Crippen LogP contribution in [0.15, 0.2) is 28.0 Å². The van der Waals surface area contributed by atoms with E-state index in [4.69, 9.17) is 0 Å². The third-order valence-electron chi connectivity index (χ3n) is 5.65. The first-order valence-corrected chi connectivity index (χ1v) is 14.4. The van der Waals surface area contributed by atoms with Crippen LogP contribution in [0.4, 0.5) is 0 Å². The molecule has 1 aliphatic heterocycles. The summed E-state index contributed by atoms with van der Waals surface area (Å²) in [6.45, 7) is 1.92. The van der Waals surface area contributed by atoms with E-state index in [1.54, 1.807) is 18.2 Å². The molecule has 29 heavy (non-hydrogen) atoms. The third kappa shape index (κ3) is 6.39. The molecule has 1 aromatic rings. The molecule has 1 aliphatic carbocycles. The summed E-state index contributed by atoms with van der Waals surface area (Å²) in [6, 6.07) is 4.92. The van der Waals surface area contributed by atoms with Gasteiger partial charge in [0.15, 0.2) is 0 Å². The molecule has 0 unspecified atom stereocenters. The van der Waals surface area contributed by atoms with Crippen LogP contribution in [0.5, 0.6) is 0 Å². The number of piperidine rings is 1. The Bertz CT molecular complexity index is 786. The summed E-state index contributed by atoms with van der Waals surface area (Å²) in [5.41, 5.74) is 0.499. The summed E-state index contributed by atoms with van der Waals surface area (Å²) >= 11 is 3.35. The first-order valence-electron chi connectivity index (χ1n) is 10.6. The van der Waals surface area contributed by atoms with Crippen LogP contribution in [0, 0.1) is 0 Å². The van der Waals surface area contributed by atoms with Gasteiger partial charge in [-0.05, 0) is 56.6 Å². The van der Waals surface area contributed by atoms with Crippen molar-refractivity contribution in [2.24, 2.45) is 0 Å². The lowest BCUT2D eigenvalue weighted by Gasteiger charge is -2.27. The minimum absolute atomic E-state index is 0.0565. The van der Waals surface area contributed by atoms with Gasteiger partial charge in [0.2, 0.25) is 10.0 Å². The number of nitrogens with one attached hydrogen (secondary N) is 1. The van der Waals surface area contributed by atoms with Gasteiger partial charge in [0.05, 0.1) is 10.5 Å². The van der Waals surface area contributed by atoms with Crippen LogP contribution >= 0.6 is 23.5 Å². The topological polar surface area (TPSA) is 66.5 Å².